The number of esters is 1. The second-order valence-electron chi connectivity index (χ2n) is 8.13. The molecule has 0 fully saturated rings. The molecule has 2 aromatic heterocycles. The number of aryl methyl sites for hydroxylation is 1. The lowest BCUT2D eigenvalue weighted by molar-refractivity contribution is 0.0526. The molecule has 2 N–H and O–H groups in total. The second-order valence-corrected chi connectivity index (χ2v) is 10.4. The van der Waals surface area contributed by atoms with Crippen molar-refractivity contribution in [3.05, 3.63) is 32.1 Å². The first-order valence-electron chi connectivity index (χ1n) is 10.1. The molecule has 8 nitrogen and oxygen atoms in total. The van der Waals surface area contributed by atoms with Crippen LogP contribution in [0.3, 0.4) is 0 Å². The van der Waals surface area contributed by atoms with Crippen LogP contribution < -0.4 is 16.3 Å². The normalized spacial score (nSPS) is 13.5. The molecule has 3 rings (SSSR count). The van der Waals surface area contributed by atoms with E-state index in [2.05, 4.69) is 20.9 Å². The van der Waals surface area contributed by atoms with E-state index in [4.69, 9.17) is 17.0 Å². The predicted octanol–water partition coefficient (Wildman–Crippen LogP) is 3.72. The summed E-state index contributed by atoms with van der Waals surface area (Å²) in [6.45, 7) is 7.80. The number of anilines is 1. The zero-order valence-electron chi connectivity index (χ0n) is 18.3. The van der Waals surface area contributed by atoms with Gasteiger partial charge in [0.15, 0.2) is 5.11 Å². The SMILES string of the molecule is CCOC(=O)c1c(NC(=S)Nn2c(SC)nnc(C(C)(C)C)c2=O)sc2c1CCCC2. The first-order chi connectivity index (χ1) is 14.7. The number of carbonyl (C=O) groups is 1. The van der Waals surface area contributed by atoms with Crippen LogP contribution in [0.25, 0.3) is 0 Å². The number of carbonyl (C=O) groups excluding carboxylic acids is 1. The average molecular weight is 482 g/mol. The van der Waals surface area contributed by atoms with E-state index in [1.807, 2.05) is 20.8 Å². The Morgan fingerprint density at radius 2 is 2.00 bits per heavy atom. The lowest BCUT2D eigenvalue weighted by Crippen LogP contribution is -2.41. The summed E-state index contributed by atoms with van der Waals surface area (Å²) in [6.07, 6.45) is 5.74. The Kier molecular flexibility index (Phi) is 7.38. The zero-order chi connectivity index (χ0) is 22.8. The highest BCUT2D eigenvalue weighted by atomic mass is 32.2. The van der Waals surface area contributed by atoms with Crippen LogP contribution in [-0.2, 0) is 23.0 Å². The minimum absolute atomic E-state index is 0.189. The topological polar surface area (TPSA) is 98.1 Å². The highest BCUT2D eigenvalue weighted by Gasteiger charge is 2.27. The summed E-state index contributed by atoms with van der Waals surface area (Å²) < 4.78 is 6.59. The maximum atomic E-state index is 13.0. The van der Waals surface area contributed by atoms with Crippen molar-refractivity contribution in [3.63, 3.8) is 0 Å². The first kappa shape index (κ1) is 23.7. The average Bonchev–Trinajstić information content (AvgIpc) is 3.06. The van der Waals surface area contributed by atoms with Gasteiger partial charge in [-0.3, -0.25) is 10.2 Å². The number of thiophene rings is 1. The van der Waals surface area contributed by atoms with Crippen molar-refractivity contribution in [2.75, 3.05) is 23.6 Å². The van der Waals surface area contributed by atoms with Crippen LogP contribution in [-0.4, -0.2) is 38.8 Å². The Bertz CT molecular complexity index is 1060. The number of rotatable bonds is 5. The molecule has 0 unspecified atom stereocenters. The standard InChI is InChI=1S/C20H27N5O3S3/c1-6-28-17(27)13-11-9-7-8-10-12(11)31-15(13)21-18(29)24-25-16(26)14(20(2,3)4)22-23-19(25)30-5/h6-10H2,1-5H3,(H2,21,24,29). The summed E-state index contributed by atoms with van der Waals surface area (Å²) in [4.78, 5) is 26.9. The van der Waals surface area contributed by atoms with E-state index >= 15 is 0 Å². The molecule has 0 aromatic carbocycles. The van der Waals surface area contributed by atoms with Crippen molar-refractivity contribution in [2.24, 2.45) is 0 Å². The molecule has 0 amide bonds. The smallest absolute Gasteiger partial charge is 0.341 e. The molecule has 0 saturated heterocycles. The van der Waals surface area contributed by atoms with Gasteiger partial charge in [-0.15, -0.1) is 21.5 Å². The fourth-order valence-electron chi connectivity index (χ4n) is 3.38. The van der Waals surface area contributed by atoms with Crippen molar-refractivity contribution in [2.45, 2.75) is 63.9 Å². The summed E-state index contributed by atoms with van der Waals surface area (Å²) in [6, 6.07) is 0. The largest absolute Gasteiger partial charge is 0.462 e. The Hall–Kier alpha value is -1.98. The molecule has 0 radical (unpaired) electrons. The van der Waals surface area contributed by atoms with Crippen LogP contribution in [0, 0.1) is 0 Å². The summed E-state index contributed by atoms with van der Waals surface area (Å²) in [5.74, 6) is -0.352. The Labute approximate surface area is 195 Å². The number of nitrogens with zero attached hydrogens (tertiary/aromatic N) is 3. The molecular formula is C20H27N5O3S3. The summed E-state index contributed by atoms with van der Waals surface area (Å²) >= 11 is 8.29. The van der Waals surface area contributed by atoms with Crippen molar-refractivity contribution in [1.29, 1.82) is 0 Å². The van der Waals surface area contributed by atoms with Crippen molar-refractivity contribution in [3.8, 4) is 0 Å². The molecular weight excluding hydrogens is 454 g/mol. The molecule has 31 heavy (non-hydrogen) atoms. The second kappa shape index (κ2) is 9.66. The van der Waals surface area contributed by atoms with E-state index in [0.29, 0.717) is 28.0 Å². The number of hydrogen-bond acceptors (Lipinski definition) is 8. The highest BCUT2D eigenvalue weighted by molar-refractivity contribution is 7.98. The lowest BCUT2D eigenvalue weighted by atomic mass is 9.93. The van der Waals surface area contributed by atoms with Crippen LogP contribution in [0.15, 0.2) is 9.95 Å². The fourth-order valence-corrected chi connectivity index (χ4v) is 5.35. The van der Waals surface area contributed by atoms with E-state index in [-0.39, 0.29) is 16.6 Å². The van der Waals surface area contributed by atoms with Gasteiger partial charge in [0.2, 0.25) is 5.16 Å². The van der Waals surface area contributed by atoms with Crippen LogP contribution >= 0.6 is 35.3 Å². The van der Waals surface area contributed by atoms with Gasteiger partial charge in [-0.25, -0.2) is 4.79 Å². The monoisotopic (exact) mass is 481 g/mol. The number of thiocarbonyl (C=S) groups is 1. The molecule has 1 aliphatic rings. The molecule has 0 atom stereocenters. The summed E-state index contributed by atoms with van der Waals surface area (Å²) in [7, 11) is 0. The summed E-state index contributed by atoms with van der Waals surface area (Å²) in [5, 5.41) is 12.6. The van der Waals surface area contributed by atoms with Crippen LogP contribution in [0.2, 0.25) is 0 Å². The third-order valence-electron chi connectivity index (χ3n) is 4.82. The molecule has 2 aromatic rings. The van der Waals surface area contributed by atoms with Gasteiger partial charge in [-0.1, -0.05) is 32.5 Å². The maximum Gasteiger partial charge on any atom is 0.341 e. The van der Waals surface area contributed by atoms with Crippen LogP contribution in [0.4, 0.5) is 5.00 Å². The van der Waals surface area contributed by atoms with Crippen molar-refractivity contribution in [1.82, 2.24) is 14.9 Å². The van der Waals surface area contributed by atoms with E-state index in [1.165, 1.54) is 32.7 Å². The third kappa shape index (κ3) is 5.09. The van der Waals surface area contributed by atoms with E-state index < -0.39 is 5.41 Å². The number of thioether (sulfide) groups is 1. The molecule has 0 bridgehead atoms. The number of ether oxygens (including phenoxy) is 1. The minimum atomic E-state index is -0.469. The summed E-state index contributed by atoms with van der Waals surface area (Å²) in [5.41, 5.74) is 4.07. The van der Waals surface area contributed by atoms with Gasteiger partial charge in [0, 0.05) is 10.3 Å². The van der Waals surface area contributed by atoms with Gasteiger partial charge in [-0.05, 0) is 56.6 Å². The lowest BCUT2D eigenvalue weighted by Gasteiger charge is -2.20. The third-order valence-corrected chi connectivity index (χ3v) is 6.85. The van der Waals surface area contributed by atoms with Gasteiger partial charge in [0.1, 0.15) is 10.7 Å². The van der Waals surface area contributed by atoms with Crippen LogP contribution in [0.1, 0.15) is 67.0 Å². The van der Waals surface area contributed by atoms with Gasteiger partial charge in [0.25, 0.3) is 5.56 Å². The molecule has 168 valence electrons. The minimum Gasteiger partial charge on any atom is -0.462 e. The number of aromatic nitrogens is 3. The number of hydrogen-bond donors (Lipinski definition) is 2. The maximum absolute atomic E-state index is 13.0. The van der Waals surface area contributed by atoms with Gasteiger partial charge in [0.05, 0.1) is 12.2 Å². The molecule has 1 aliphatic carbocycles. The zero-order valence-corrected chi connectivity index (χ0v) is 20.8. The van der Waals surface area contributed by atoms with Crippen molar-refractivity contribution >= 4 is 51.4 Å². The quantitative estimate of drug-likeness (QED) is 0.376. The van der Waals surface area contributed by atoms with E-state index in [9.17, 15) is 9.59 Å². The number of fused-ring (bicyclic) bond motifs is 1. The van der Waals surface area contributed by atoms with Gasteiger partial charge in [-0.2, -0.15) is 4.68 Å². The predicted molar refractivity (Wildman–Crippen MR) is 129 cm³/mol. The van der Waals surface area contributed by atoms with Gasteiger partial charge >= 0.3 is 5.97 Å². The highest BCUT2D eigenvalue weighted by Crippen LogP contribution is 2.38. The Morgan fingerprint density at radius 1 is 1.29 bits per heavy atom. The molecule has 2 heterocycles. The van der Waals surface area contributed by atoms with E-state index in [0.717, 1.165) is 31.2 Å². The molecule has 0 spiro atoms. The first-order valence-corrected chi connectivity index (χ1v) is 12.6. The van der Waals surface area contributed by atoms with Crippen LogP contribution in [0.5, 0.6) is 0 Å². The molecule has 11 heteroatoms. The van der Waals surface area contributed by atoms with E-state index in [1.54, 1.807) is 13.2 Å². The fraction of sp³-hybridized carbons (Fsp3) is 0.550. The number of nitrogens with one attached hydrogen (secondary N) is 2. The van der Waals surface area contributed by atoms with Crippen molar-refractivity contribution < 1.29 is 9.53 Å². The van der Waals surface area contributed by atoms with Gasteiger partial charge < -0.3 is 10.1 Å². The Balaban J connectivity index is 1.92. The molecule has 0 aliphatic heterocycles. The Morgan fingerprint density at radius 3 is 2.65 bits per heavy atom. The molecule has 0 saturated carbocycles.